The van der Waals surface area contributed by atoms with Crippen LogP contribution in [0, 0.1) is 4.77 Å². The molecule has 0 atom stereocenters. The molecule has 1 aromatic carbocycles. The zero-order valence-corrected chi connectivity index (χ0v) is 16.4. The highest BCUT2D eigenvalue weighted by molar-refractivity contribution is 7.71. The summed E-state index contributed by atoms with van der Waals surface area (Å²) in [4.78, 5) is 3.54. The second kappa shape index (κ2) is 8.56. The molecule has 0 amide bonds. The van der Waals surface area contributed by atoms with Crippen LogP contribution in [0.25, 0.3) is 16.4 Å². The minimum Gasteiger partial charge on any atom is -0.284 e. The Morgan fingerprint density at radius 1 is 1.04 bits per heavy atom. The van der Waals surface area contributed by atoms with Crippen molar-refractivity contribution in [2.75, 3.05) is 13.1 Å². The summed E-state index contributed by atoms with van der Waals surface area (Å²) in [6, 6.07) is 14.4. The lowest BCUT2D eigenvalue weighted by Gasteiger charge is -2.20. The van der Waals surface area contributed by atoms with Gasteiger partial charge in [0, 0.05) is 5.69 Å². The van der Waals surface area contributed by atoms with Crippen molar-refractivity contribution in [2.24, 2.45) is 0 Å². The van der Waals surface area contributed by atoms with E-state index in [2.05, 4.69) is 53.0 Å². The molecule has 4 nitrogen and oxygen atoms in total. The number of thiophene rings is 1. The molecule has 0 N–H and O–H groups in total. The summed E-state index contributed by atoms with van der Waals surface area (Å²) in [6.45, 7) is 7.27. The lowest BCUT2D eigenvalue weighted by Crippen LogP contribution is -2.28. The Morgan fingerprint density at radius 3 is 2.36 bits per heavy atom. The molecule has 6 heteroatoms. The molecule has 132 valence electrons. The zero-order chi connectivity index (χ0) is 17.6. The molecular formula is C19H24N4S2. The monoisotopic (exact) mass is 372 g/mol. The second-order valence-corrected chi connectivity index (χ2v) is 7.33. The van der Waals surface area contributed by atoms with Crippen LogP contribution in [0.4, 0.5) is 0 Å². The first-order valence-electron chi connectivity index (χ1n) is 8.76. The van der Waals surface area contributed by atoms with Gasteiger partial charge in [0.2, 0.25) is 4.77 Å². The predicted octanol–water partition coefficient (Wildman–Crippen LogP) is 5.21. The number of benzene rings is 1. The van der Waals surface area contributed by atoms with Gasteiger partial charge >= 0.3 is 0 Å². The molecule has 0 aliphatic carbocycles. The molecule has 0 unspecified atom stereocenters. The van der Waals surface area contributed by atoms with Crippen LogP contribution in [0.15, 0.2) is 47.8 Å². The van der Waals surface area contributed by atoms with Crippen LogP contribution < -0.4 is 0 Å². The van der Waals surface area contributed by atoms with Gasteiger partial charge in [0.25, 0.3) is 0 Å². The van der Waals surface area contributed by atoms with Crippen LogP contribution in [-0.2, 0) is 6.67 Å². The van der Waals surface area contributed by atoms with Gasteiger partial charge in [-0.25, -0.2) is 4.68 Å². The molecule has 0 radical (unpaired) electrons. The molecule has 0 saturated carbocycles. The minimum atomic E-state index is 0.735. The van der Waals surface area contributed by atoms with E-state index < -0.39 is 0 Å². The van der Waals surface area contributed by atoms with E-state index in [1.54, 1.807) is 11.3 Å². The quantitative estimate of drug-likeness (QED) is 0.508. The third kappa shape index (κ3) is 4.08. The molecule has 0 saturated heterocycles. The van der Waals surface area contributed by atoms with E-state index in [0.717, 1.165) is 53.8 Å². The maximum absolute atomic E-state index is 5.80. The molecular weight excluding hydrogens is 348 g/mol. The van der Waals surface area contributed by atoms with Crippen LogP contribution in [-0.4, -0.2) is 32.3 Å². The van der Waals surface area contributed by atoms with Crippen molar-refractivity contribution >= 4 is 23.6 Å². The fraction of sp³-hybridized carbons (Fsp3) is 0.368. The summed E-state index contributed by atoms with van der Waals surface area (Å²) < 4.78 is 4.78. The van der Waals surface area contributed by atoms with E-state index in [0.29, 0.717) is 0 Å². The molecule has 0 spiro atoms. The number of aromatic nitrogens is 3. The van der Waals surface area contributed by atoms with Gasteiger partial charge in [-0.1, -0.05) is 38.1 Å². The summed E-state index contributed by atoms with van der Waals surface area (Å²) in [5.41, 5.74) is 1.06. The maximum Gasteiger partial charge on any atom is 0.204 e. The molecule has 2 aromatic heterocycles. The number of rotatable bonds is 8. The molecule has 3 rings (SSSR count). The third-order valence-corrected chi connectivity index (χ3v) is 5.27. The number of nitrogens with zero attached hydrogens (tertiary/aromatic N) is 4. The normalized spacial score (nSPS) is 11.3. The van der Waals surface area contributed by atoms with Crippen molar-refractivity contribution in [1.82, 2.24) is 19.2 Å². The zero-order valence-electron chi connectivity index (χ0n) is 14.8. The Balaban J connectivity index is 2.05. The Hall–Kier alpha value is -1.76. The van der Waals surface area contributed by atoms with E-state index in [1.807, 2.05) is 22.9 Å². The van der Waals surface area contributed by atoms with Gasteiger partial charge in [-0.15, -0.1) is 16.4 Å². The first-order valence-corrected chi connectivity index (χ1v) is 10.0. The lowest BCUT2D eigenvalue weighted by molar-refractivity contribution is 0.206. The molecule has 2 heterocycles. The van der Waals surface area contributed by atoms with Crippen molar-refractivity contribution in [1.29, 1.82) is 0 Å². The molecule has 3 aromatic rings. The largest absolute Gasteiger partial charge is 0.284 e. The summed E-state index contributed by atoms with van der Waals surface area (Å²) in [7, 11) is 0. The first kappa shape index (κ1) is 18.0. The molecule has 0 bridgehead atoms. The smallest absolute Gasteiger partial charge is 0.204 e. The van der Waals surface area contributed by atoms with Crippen LogP contribution >= 0.6 is 23.6 Å². The lowest BCUT2D eigenvalue weighted by atomic mass is 10.3. The van der Waals surface area contributed by atoms with Gasteiger partial charge in [-0.05, 0) is 61.7 Å². The summed E-state index contributed by atoms with van der Waals surface area (Å²) in [6.07, 6.45) is 2.26. The van der Waals surface area contributed by atoms with Crippen LogP contribution in [0.1, 0.15) is 26.7 Å². The molecule has 0 aliphatic rings. The van der Waals surface area contributed by atoms with Gasteiger partial charge < -0.3 is 0 Å². The van der Waals surface area contributed by atoms with E-state index in [1.165, 1.54) is 0 Å². The van der Waals surface area contributed by atoms with Crippen LogP contribution in [0.5, 0.6) is 0 Å². The fourth-order valence-electron chi connectivity index (χ4n) is 2.95. The number of para-hydroxylation sites is 1. The molecule has 0 aliphatic heterocycles. The van der Waals surface area contributed by atoms with Crippen molar-refractivity contribution in [3.8, 4) is 16.4 Å². The van der Waals surface area contributed by atoms with Crippen molar-refractivity contribution in [2.45, 2.75) is 33.4 Å². The van der Waals surface area contributed by atoms with Crippen molar-refractivity contribution in [3.05, 3.63) is 52.6 Å². The Kier molecular flexibility index (Phi) is 6.18. The molecule has 25 heavy (non-hydrogen) atoms. The van der Waals surface area contributed by atoms with Gasteiger partial charge in [0.15, 0.2) is 5.82 Å². The number of hydrogen-bond donors (Lipinski definition) is 0. The minimum absolute atomic E-state index is 0.735. The summed E-state index contributed by atoms with van der Waals surface area (Å²) in [5, 5.41) is 6.95. The van der Waals surface area contributed by atoms with E-state index >= 15 is 0 Å². The Labute approximate surface area is 158 Å². The number of hydrogen-bond acceptors (Lipinski definition) is 4. The SMILES string of the molecule is CCCN(CCC)Cn1nc(-c2cccs2)n(-c2ccccc2)c1=S. The average Bonchev–Trinajstić information content (AvgIpc) is 3.25. The van der Waals surface area contributed by atoms with Crippen molar-refractivity contribution < 1.29 is 0 Å². The summed E-state index contributed by atoms with van der Waals surface area (Å²) in [5.74, 6) is 0.916. The van der Waals surface area contributed by atoms with Crippen LogP contribution in [0.3, 0.4) is 0 Å². The Bertz CT molecular complexity index is 828. The average molecular weight is 373 g/mol. The van der Waals surface area contributed by atoms with Gasteiger partial charge in [-0.3, -0.25) is 9.47 Å². The van der Waals surface area contributed by atoms with E-state index in [4.69, 9.17) is 17.3 Å². The second-order valence-electron chi connectivity index (χ2n) is 6.01. The van der Waals surface area contributed by atoms with Gasteiger partial charge in [0.05, 0.1) is 11.5 Å². The van der Waals surface area contributed by atoms with Crippen molar-refractivity contribution in [3.63, 3.8) is 0 Å². The van der Waals surface area contributed by atoms with Gasteiger partial charge in [0.1, 0.15) is 0 Å². The Morgan fingerprint density at radius 2 is 1.76 bits per heavy atom. The predicted molar refractivity (Wildman–Crippen MR) is 108 cm³/mol. The highest BCUT2D eigenvalue weighted by atomic mass is 32.1. The van der Waals surface area contributed by atoms with E-state index in [-0.39, 0.29) is 0 Å². The topological polar surface area (TPSA) is 26.0 Å². The van der Waals surface area contributed by atoms with E-state index in [9.17, 15) is 0 Å². The van der Waals surface area contributed by atoms with Gasteiger partial charge in [-0.2, -0.15) is 0 Å². The molecule has 0 fully saturated rings. The highest BCUT2D eigenvalue weighted by Crippen LogP contribution is 2.26. The van der Waals surface area contributed by atoms with Crippen LogP contribution in [0.2, 0.25) is 0 Å². The standard InChI is InChI=1S/C19H24N4S2/c1-3-12-21(13-4-2)15-22-19(24)23(16-9-6-5-7-10-16)18(20-22)17-11-8-14-25-17/h5-11,14H,3-4,12-13,15H2,1-2H3. The highest BCUT2D eigenvalue weighted by Gasteiger charge is 2.16. The fourth-order valence-corrected chi connectivity index (χ4v) is 3.94. The third-order valence-electron chi connectivity index (χ3n) is 4.01. The summed E-state index contributed by atoms with van der Waals surface area (Å²) >= 11 is 7.49. The first-order chi connectivity index (χ1) is 12.2. The maximum atomic E-state index is 5.80.